The summed E-state index contributed by atoms with van der Waals surface area (Å²) in [7, 11) is 4.15. The highest BCUT2D eigenvalue weighted by molar-refractivity contribution is 6.06. The Labute approximate surface area is 152 Å². The topological polar surface area (TPSA) is 143 Å². The number of carbonyl (C=O) groups excluding carboxylic acids is 1. The number of carbonyl (C=O) groups is 1. The van der Waals surface area contributed by atoms with Crippen LogP contribution in [0.4, 0.5) is 17.1 Å². The minimum absolute atomic E-state index is 0.0807. The Morgan fingerprint density at radius 3 is 1.96 bits per heavy atom. The van der Waals surface area contributed by atoms with Crippen molar-refractivity contribution in [3.05, 3.63) is 56.1 Å². The van der Waals surface area contributed by atoms with Crippen molar-refractivity contribution in [3.8, 4) is 17.2 Å². The zero-order valence-electron chi connectivity index (χ0n) is 14.5. The number of nitro groups is 2. The molecule has 11 nitrogen and oxygen atoms in total. The number of nitrogens with zero attached hydrogens (tertiary/aromatic N) is 2. The van der Waals surface area contributed by atoms with Gasteiger partial charge < -0.3 is 19.5 Å². The number of non-ortho nitro benzene ring substituents is 1. The third-order valence-corrected chi connectivity index (χ3v) is 3.56. The van der Waals surface area contributed by atoms with Gasteiger partial charge in [-0.1, -0.05) is 0 Å². The first-order chi connectivity index (χ1) is 12.8. The Kier molecular flexibility index (Phi) is 5.75. The number of hydrogen-bond donors (Lipinski definition) is 1. The number of hydrogen-bond acceptors (Lipinski definition) is 8. The lowest BCUT2D eigenvalue weighted by Gasteiger charge is -2.14. The number of ether oxygens (including phenoxy) is 3. The number of amides is 1. The monoisotopic (exact) mass is 377 g/mol. The summed E-state index contributed by atoms with van der Waals surface area (Å²) >= 11 is 0. The molecule has 0 spiro atoms. The number of methoxy groups -OCH3 is 3. The van der Waals surface area contributed by atoms with Gasteiger partial charge in [-0.05, 0) is 18.2 Å². The predicted octanol–water partition coefficient (Wildman–Crippen LogP) is 2.78. The minimum atomic E-state index is -0.822. The molecule has 0 aliphatic rings. The summed E-state index contributed by atoms with van der Waals surface area (Å²) in [6.07, 6.45) is 0. The van der Waals surface area contributed by atoms with Crippen LogP contribution in [0.5, 0.6) is 17.2 Å². The Bertz CT molecular complexity index is 888. The zero-order chi connectivity index (χ0) is 20.1. The van der Waals surface area contributed by atoms with Crippen LogP contribution in [0, 0.1) is 20.2 Å². The summed E-state index contributed by atoms with van der Waals surface area (Å²) in [4.78, 5) is 32.9. The van der Waals surface area contributed by atoms with E-state index in [0.29, 0.717) is 0 Å². The molecule has 2 rings (SSSR count). The van der Waals surface area contributed by atoms with Crippen molar-refractivity contribution in [2.75, 3.05) is 26.6 Å². The van der Waals surface area contributed by atoms with E-state index in [2.05, 4.69) is 5.32 Å². The predicted molar refractivity (Wildman–Crippen MR) is 93.8 cm³/mol. The summed E-state index contributed by atoms with van der Waals surface area (Å²) in [6.45, 7) is 0. The Balaban J connectivity index is 2.43. The number of nitrogens with one attached hydrogen (secondary N) is 1. The summed E-state index contributed by atoms with van der Waals surface area (Å²) < 4.78 is 15.5. The fraction of sp³-hybridized carbons (Fsp3) is 0.188. The van der Waals surface area contributed by atoms with Crippen LogP contribution in [-0.2, 0) is 0 Å². The largest absolute Gasteiger partial charge is 0.493 e. The van der Waals surface area contributed by atoms with Crippen LogP contribution >= 0.6 is 0 Å². The fourth-order valence-corrected chi connectivity index (χ4v) is 2.30. The highest BCUT2D eigenvalue weighted by Crippen LogP contribution is 2.38. The SMILES string of the molecule is COc1cc(C(=O)Nc2ccc([N+](=O)[O-])cc2[N+](=O)[O-])cc(OC)c1OC. The first kappa shape index (κ1) is 19.4. The molecular formula is C16H15N3O8. The molecule has 142 valence electrons. The first-order valence-corrected chi connectivity index (χ1v) is 7.36. The van der Waals surface area contributed by atoms with Gasteiger partial charge in [0.25, 0.3) is 17.3 Å². The van der Waals surface area contributed by atoms with Crippen molar-refractivity contribution in [2.24, 2.45) is 0 Å². The molecular weight excluding hydrogens is 362 g/mol. The molecule has 0 saturated heterocycles. The highest BCUT2D eigenvalue weighted by Gasteiger charge is 2.23. The second-order valence-electron chi connectivity index (χ2n) is 5.08. The van der Waals surface area contributed by atoms with Crippen LogP contribution in [0.1, 0.15) is 10.4 Å². The van der Waals surface area contributed by atoms with E-state index in [4.69, 9.17) is 14.2 Å². The van der Waals surface area contributed by atoms with Crippen molar-refractivity contribution in [2.45, 2.75) is 0 Å². The van der Waals surface area contributed by atoms with Crippen LogP contribution in [0.2, 0.25) is 0 Å². The van der Waals surface area contributed by atoms with E-state index in [9.17, 15) is 25.0 Å². The van der Waals surface area contributed by atoms with E-state index in [0.717, 1.165) is 18.2 Å². The molecule has 0 aliphatic heterocycles. The smallest absolute Gasteiger partial charge is 0.299 e. The van der Waals surface area contributed by atoms with Crippen LogP contribution < -0.4 is 19.5 Å². The molecule has 0 atom stereocenters. The number of anilines is 1. The Hall–Kier alpha value is -3.89. The molecule has 1 N–H and O–H groups in total. The Morgan fingerprint density at radius 1 is 0.926 bits per heavy atom. The van der Waals surface area contributed by atoms with Gasteiger partial charge in [-0.3, -0.25) is 25.0 Å². The van der Waals surface area contributed by atoms with E-state index in [1.54, 1.807) is 0 Å². The maximum absolute atomic E-state index is 12.5. The van der Waals surface area contributed by atoms with Gasteiger partial charge in [0.1, 0.15) is 5.69 Å². The zero-order valence-corrected chi connectivity index (χ0v) is 14.5. The van der Waals surface area contributed by atoms with Crippen LogP contribution in [0.25, 0.3) is 0 Å². The van der Waals surface area contributed by atoms with Crippen LogP contribution in [0.15, 0.2) is 30.3 Å². The molecule has 11 heteroatoms. The maximum Gasteiger partial charge on any atom is 0.299 e. The summed E-state index contributed by atoms with van der Waals surface area (Å²) in [6, 6.07) is 5.65. The number of benzene rings is 2. The minimum Gasteiger partial charge on any atom is -0.493 e. The van der Waals surface area contributed by atoms with Crippen molar-refractivity contribution in [3.63, 3.8) is 0 Å². The molecule has 0 fully saturated rings. The lowest BCUT2D eigenvalue weighted by molar-refractivity contribution is -0.393. The second kappa shape index (κ2) is 7.99. The molecule has 2 aromatic carbocycles. The van der Waals surface area contributed by atoms with Crippen LogP contribution in [0.3, 0.4) is 0 Å². The maximum atomic E-state index is 12.5. The van der Waals surface area contributed by atoms with Crippen molar-refractivity contribution in [1.29, 1.82) is 0 Å². The molecule has 0 bridgehead atoms. The fourth-order valence-electron chi connectivity index (χ4n) is 2.30. The molecule has 0 saturated carbocycles. The first-order valence-electron chi connectivity index (χ1n) is 7.36. The van der Waals surface area contributed by atoms with Gasteiger partial charge in [0.15, 0.2) is 11.5 Å². The molecule has 2 aromatic rings. The number of rotatable bonds is 7. The third kappa shape index (κ3) is 4.03. The molecule has 0 unspecified atom stereocenters. The van der Waals surface area contributed by atoms with Gasteiger partial charge >= 0.3 is 0 Å². The third-order valence-electron chi connectivity index (χ3n) is 3.56. The van der Waals surface area contributed by atoms with E-state index in [1.165, 1.54) is 33.5 Å². The molecule has 0 aliphatic carbocycles. The molecule has 0 radical (unpaired) electrons. The molecule has 1 amide bonds. The van der Waals surface area contributed by atoms with Gasteiger partial charge in [-0.25, -0.2) is 0 Å². The standard InChI is InChI=1S/C16H15N3O8/c1-25-13-6-9(7-14(26-2)15(13)27-3)16(20)17-11-5-4-10(18(21)22)8-12(11)19(23)24/h4-8H,1-3H3,(H,17,20). The van der Waals surface area contributed by atoms with Crippen LogP contribution in [-0.4, -0.2) is 37.1 Å². The average molecular weight is 377 g/mol. The lowest BCUT2D eigenvalue weighted by atomic mass is 10.1. The highest BCUT2D eigenvalue weighted by atomic mass is 16.6. The normalized spacial score (nSPS) is 10.0. The molecule has 27 heavy (non-hydrogen) atoms. The van der Waals surface area contributed by atoms with Crippen molar-refractivity contribution in [1.82, 2.24) is 0 Å². The molecule has 0 aromatic heterocycles. The number of nitro benzene ring substituents is 2. The summed E-state index contributed by atoms with van der Waals surface area (Å²) in [5.74, 6) is 0.0180. The summed E-state index contributed by atoms with van der Waals surface area (Å²) in [5, 5.41) is 24.3. The van der Waals surface area contributed by atoms with Gasteiger partial charge in [-0.15, -0.1) is 0 Å². The molecule has 0 heterocycles. The van der Waals surface area contributed by atoms with E-state index < -0.39 is 27.1 Å². The van der Waals surface area contributed by atoms with E-state index in [-0.39, 0.29) is 28.5 Å². The second-order valence-corrected chi connectivity index (χ2v) is 5.08. The van der Waals surface area contributed by atoms with Crippen molar-refractivity contribution < 1.29 is 28.9 Å². The van der Waals surface area contributed by atoms with Crippen molar-refractivity contribution >= 4 is 23.0 Å². The quantitative estimate of drug-likeness (QED) is 0.573. The average Bonchev–Trinajstić information content (AvgIpc) is 2.66. The van der Waals surface area contributed by atoms with Gasteiger partial charge in [0, 0.05) is 11.6 Å². The summed E-state index contributed by atoms with van der Waals surface area (Å²) in [5.41, 5.74) is -1.18. The van der Waals surface area contributed by atoms with Gasteiger partial charge in [0.05, 0.1) is 37.2 Å². The van der Waals surface area contributed by atoms with E-state index >= 15 is 0 Å². The van der Waals surface area contributed by atoms with Gasteiger partial charge in [-0.2, -0.15) is 0 Å². The lowest BCUT2D eigenvalue weighted by Crippen LogP contribution is -2.14. The van der Waals surface area contributed by atoms with Gasteiger partial charge in [0.2, 0.25) is 5.75 Å². The van der Waals surface area contributed by atoms with E-state index in [1.807, 2.05) is 0 Å². The Morgan fingerprint density at radius 2 is 1.52 bits per heavy atom.